The lowest BCUT2D eigenvalue weighted by Gasteiger charge is -2.29. The minimum Gasteiger partial charge on any atom is -0.310 e. The molecule has 0 saturated carbocycles. The van der Waals surface area contributed by atoms with Crippen LogP contribution in [0.4, 0.5) is 34.1 Å². The van der Waals surface area contributed by atoms with Crippen molar-refractivity contribution >= 4 is 163 Å². The van der Waals surface area contributed by atoms with Gasteiger partial charge in [0, 0.05) is 38.9 Å². The van der Waals surface area contributed by atoms with Crippen LogP contribution in [-0.2, 0) is 0 Å². The summed E-state index contributed by atoms with van der Waals surface area (Å²) in [4.78, 5) is 4.88. The molecule has 512 valence electrons. The van der Waals surface area contributed by atoms with Crippen molar-refractivity contribution in [2.75, 3.05) is 9.80 Å². The number of fused-ring (bicyclic) bond motifs is 15. The summed E-state index contributed by atoms with van der Waals surface area (Å²) in [5, 5.41) is 30.1. The van der Waals surface area contributed by atoms with E-state index in [1.165, 1.54) is 179 Å². The highest BCUT2D eigenvalue weighted by Crippen LogP contribution is 2.49. The number of hydrogen-bond acceptors (Lipinski definition) is 2. The van der Waals surface area contributed by atoms with Crippen LogP contribution in [0.1, 0.15) is 0 Å². The summed E-state index contributed by atoms with van der Waals surface area (Å²) in [5.41, 5.74) is 16.6. The molecule has 0 fully saturated rings. The van der Waals surface area contributed by atoms with Crippen molar-refractivity contribution in [3.63, 3.8) is 0 Å². The highest BCUT2D eigenvalue weighted by atomic mass is 15.2. The lowest BCUT2D eigenvalue weighted by Crippen LogP contribution is -2.11. The molecule has 22 aromatic carbocycles. The number of nitrogens with zero attached hydrogens (tertiary/aromatic N) is 2. The molecule has 110 heavy (non-hydrogen) atoms. The van der Waals surface area contributed by atoms with Crippen molar-refractivity contribution in [1.29, 1.82) is 0 Å². The second kappa shape index (κ2) is 26.9. The summed E-state index contributed by atoms with van der Waals surface area (Å²) in [5.74, 6) is 0. The molecule has 0 heterocycles. The number of hydrogen-bond donors (Lipinski definition) is 0. The van der Waals surface area contributed by atoms with Gasteiger partial charge in [-0.2, -0.15) is 0 Å². The zero-order valence-corrected chi connectivity index (χ0v) is 60.3. The molecule has 0 amide bonds. The van der Waals surface area contributed by atoms with Crippen LogP contribution in [0.15, 0.2) is 425 Å². The topological polar surface area (TPSA) is 6.48 Å². The van der Waals surface area contributed by atoms with E-state index in [0.717, 1.165) is 28.4 Å². The standard InChI is InChI=1S/2C54H35N/c1-5-17-44-40(15-1)34-52(50-23-11-9-21-48(44)50)36-25-29-42(30-26-36)55(54-46-19-7-3-13-38(46)33-39-14-4-8-20-47(39)54)43-31-27-37(28-32-43)53-35-41-16-2-6-18-45(41)49-22-10-12-24-51(49)53;1-2-13-39-34-52-42(32-38(39)12-1)17-11-23-46(52)36-24-28-44(29-25-36)55(53-35-43-16-3-6-18-47(43)50-21-9-10-22-51(50)53)45-30-26-37(27-31-45)54-48-19-7-4-14-40(48)33-41-15-5-8-20-49(41)54/h2*1-35H. The van der Waals surface area contributed by atoms with Gasteiger partial charge in [-0.3, -0.25) is 0 Å². The van der Waals surface area contributed by atoms with E-state index >= 15 is 0 Å². The second-order valence-corrected chi connectivity index (χ2v) is 29.0. The molecule has 2 heteroatoms. The smallest absolute Gasteiger partial charge is 0.0618 e. The summed E-state index contributed by atoms with van der Waals surface area (Å²) in [6.45, 7) is 0. The third kappa shape index (κ3) is 11.1. The molecule has 0 N–H and O–H groups in total. The van der Waals surface area contributed by atoms with Gasteiger partial charge in [-0.1, -0.05) is 334 Å². The molecule has 0 radical (unpaired) electrons. The van der Waals surface area contributed by atoms with Gasteiger partial charge in [0.25, 0.3) is 0 Å². The number of anilines is 6. The third-order valence-electron chi connectivity index (χ3n) is 22.7. The van der Waals surface area contributed by atoms with Crippen LogP contribution in [0.5, 0.6) is 0 Å². The van der Waals surface area contributed by atoms with Crippen LogP contribution in [0.2, 0.25) is 0 Å². The Balaban J connectivity index is 0.000000140. The lowest BCUT2D eigenvalue weighted by molar-refractivity contribution is 1.30. The molecule has 22 rings (SSSR count). The zero-order valence-electron chi connectivity index (χ0n) is 60.3. The molecule has 0 saturated heterocycles. The van der Waals surface area contributed by atoms with Gasteiger partial charge in [0.2, 0.25) is 0 Å². The van der Waals surface area contributed by atoms with Crippen molar-refractivity contribution in [1.82, 2.24) is 0 Å². The molecule has 22 aromatic rings. The summed E-state index contributed by atoms with van der Waals surface area (Å²) in [6, 6.07) is 156. The Morgan fingerprint density at radius 3 is 0.845 bits per heavy atom. The van der Waals surface area contributed by atoms with E-state index in [0.29, 0.717) is 0 Å². The normalized spacial score (nSPS) is 11.6. The van der Waals surface area contributed by atoms with Crippen LogP contribution in [-0.4, -0.2) is 0 Å². The predicted molar refractivity (Wildman–Crippen MR) is 474 cm³/mol. The molecule has 2 nitrogen and oxygen atoms in total. The van der Waals surface area contributed by atoms with E-state index in [2.05, 4.69) is 434 Å². The van der Waals surface area contributed by atoms with Gasteiger partial charge in [0.15, 0.2) is 0 Å². The van der Waals surface area contributed by atoms with Gasteiger partial charge in [-0.05, 0) is 249 Å². The maximum atomic E-state index is 2.45. The summed E-state index contributed by atoms with van der Waals surface area (Å²) >= 11 is 0. The third-order valence-corrected chi connectivity index (χ3v) is 22.7. The molecule has 0 spiro atoms. The van der Waals surface area contributed by atoms with Crippen LogP contribution in [0, 0.1) is 0 Å². The van der Waals surface area contributed by atoms with Gasteiger partial charge >= 0.3 is 0 Å². The van der Waals surface area contributed by atoms with E-state index < -0.39 is 0 Å². The van der Waals surface area contributed by atoms with E-state index in [1.807, 2.05) is 0 Å². The van der Waals surface area contributed by atoms with Gasteiger partial charge in [0.05, 0.1) is 11.4 Å². The molecule has 0 aromatic heterocycles. The zero-order chi connectivity index (χ0) is 72.6. The largest absolute Gasteiger partial charge is 0.310 e. The fraction of sp³-hybridized carbons (Fsp3) is 0. The molecule has 0 aliphatic carbocycles. The predicted octanol–water partition coefficient (Wildman–Crippen LogP) is 30.8. The summed E-state index contributed by atoms with van der Waals surface area (Å²) in [7, 11) is 0. The van der Waals surface area contributed by atoms with Crippen molar-refractivity contribution < 1.29 is 0 Å². The van der Waals surface area contributed by atoms with Crippen LogP contribution >= 0.6 is 0 Å². The Hall–Kier alpha value is -14.4. The first-order valence-electron chi connectivity index (χ1n) is 38.0. The fourth-order valence-corrected chi connectivity index (χ4v) is 17.6. The van der Waals surface area contributed by atoms with Crippen molar-refractivity contribution in [3.05, 3.63) is 425 Å². The SMILES string of the molecule is c1ccc2c(N(c3ccc(-c4cc5ccccc5c5ccccc45)cc3)c3ccc(-c4cc5ccccc5c5ccccc45)cc3)c3ccccc3cc2c1.c1ccc2cc3c(-c4ccc(N(c5ccc(-c6c7ccccc7cc7ccccc67)cc5)c5cc6ccccc6c6ccccc56)cc4)cccc3cc2c1. The van der Waals surface area contributed by atoms with Crippen LogP contribution in [0.25, 0.3) is 174 Å². The van der Waals surface area contributed by atoms with Gasteiger partial charge < -0.3 is 9.80 Å². The first-order chi connectivity index (χ1) is 54.5. The Morgan fingerprint density at radius 1 is 0.136 bits per heavy atom. The Morgan fingerprint density at radius 2 is 0.409 bits per heavy atom. The average Bonchev–Trinajstić information content (AvgIpc) is 0.755. The fourth-order valence-electron chi connectivity index (χ4n) is 17.6. The van der Waals surface area contributed by atoms with Crippen LogP contribution < -0.4 is 9.80 Å². The second-order valence-electron chi connectivity index (χ2n) is 29.0. The molecule has 0 aliphatic rings. The summed E-state index contributed by atoms with van der Waals surface area (Å²) < 4.78 is 0. The van der Waals surface area contributed by atoms with E-state index in [1.54, 1.807) is 0 Å². The van der Waals surface area contributed by atoms with E-state index in [-0.39, 0.29) is 0 Å². The molecule has 0 aliphatic heterocycles. The van der Waals surface area contributed by atoms with Gasteiger partial charge in [0.1, 0.15) is 0 Å². The molecule has 0 bridgehead atoms. The van der Waals surface area contributed by atoms with Crippen molar-refractivity contribution in [3.8, 4) is 44.5 Å². The maximum Gasteiger partial charge on any atom is 0.0618 e. The number of benzene rings is 22. The minimum absolute atomic E-state index is 1.11. The highest BCUT2D eigenvalue weighted by molar-refractivity contribution is 6.19. The highest BCUT2D eigenvalue weighted by Gasteiger charge is 2.23. The van der Waals surface area contributed by atoms with Crippen molar-refractivity contribution in [2.24, 2.45) is 0 Å². The molecular weight excluding hydrogens is 1330 g/mol. The van der Waals surface area contributed by atoms with Crippen LogP contribution in [0.3, 0.4) is 0 Å². The number of rotatable bonds is 10. The first kappa shape index (κ1) is 64.0. The van der Waals surface area contributed by atoms with E-state index in [9.17, 15) is 0 Å². The van der Waals surface area contributed by atoms with Gasteiger partial charge in [-0.15, -0.1) is 0 Å². The molecule has 0 unspecified atom stereocenters. The molecule has 0 atom stereocenters. The lowest BCUT2D eigenvalue weighted by atomic mass is 9.92. The van der Waals surface area contributed by atoms with E-state index in [4.69, 9.17) is 0 Å². The maximum absolute atomic E-state index is 2.45. The van der Waals surface area contributed by atoms with Gasteiger partial charge in [-0.25, -0.2) is 0 Å². The molecular formula is C108H70N2. The average molecular weight is 1400 g/mol. The minimum atomic E-state index is 1.11. The quantitative estimate of drug-likeness (QED) is 0.0995. The monoisotopic (exact) mass is 1390 g/mol. The first-order valence-corrected chi connectivity index (χ1v) is 38.0. The summed E-state index contributed by atoms with van der Waals surface area (Å²) in [6.07, 6.45) is 0. The van der Waals surface area contributed by atoms with Crippen molar-refractivity contribution in [2.45, 2.75) is 0 Å². The Labute approximate surface area is 638 Å². The Kier molecular flexibility index (Phi) is 15.6. The Bertz CT molecular complexity index is 7110.